The first-order valence-corrected chi connectivity index (χ1v) is 4.27. The summed E-state index contributed by atoms with van der Waals surface area (Å²) in [5.41, 5.74) is 7.66. The molecule has 2 aromatic heterocycles. The average molecular weight is 192 g/mol. The Kier molecular flexibility index (Phi) is 2.05. The summed E-state index contributed by atoms with van der Waals surface area (Å²) >= 11 is 0. The van der Waals surface area contributed by atoms with Gasteiger partial charge < -0.3 is 5.73 Å². The van der Waals surface area contributed by atoms with Gasteiger partial charge in [0.15, 0.2) is 0 Å². The van der Waals surface area contributed by atoms with E-state index in [0.29, 0.717) is 0 Å². The van der Waals surface area contributed by atoms with Gasteiger partial charge in [-0.2, -0.15) is 20.1 Å². The molecule has 0 saturated carbocycles. The van der Waals surface area contributed by atoms with Gasteiger partial charge in [0, 0.05) is 25.9 Å². The molecule has 2 aromatic rings. The van der Waals surface area contributed by atoms with E-state index in [0.717, 1.165) is 11.3 Å². The molecule has 6 heteroatoms. The van der Waals surface area contributed by atoms with Crippen LogP contribution in [0.4, 0.5) is 0 Å². The highest BCUT2D eigenvalue weighted by molar-refractivity contribution is 5.20. The first kappa shape index (κ1) is 8.89. The fraction of sp³-hybridized carbons (Fsp3) is 0.375. The third-order valence-corrected chi connectivity index (χ3v) is 2.02. The molecule has 0 aliphatic rings. The van der Waals surface area contributed by atoms with Crippen LogP contribution >= 0.6 is 0 Å². The van der Waals surface area contributed by atoms with E-state index in [1.807, 2.05) is 13.2 Å². The maximum absolute atomic E-state index is 5.97. The van der Waals surface area contributed by atoms with Gasteiger partial charge in [-0.25, -0.2) is 0 Å². The lowest BCUT2D eigenvalue weighted by Crippen LogP contribution is -2.12. The van der Waals surface area contributed by atoms with Gasteiger partial charge in [0.25, 0.3) is 0 Å². The fourth-order valence-corrected chi connectivity index (χ4v) is 1.28. The predicted octanol–water partition coefficient (Wildman–Crippen LogP) is -0.403. The highest BCUT2D eigenvalue weighted by Crippen LogP contribution is 2.15. The van der Waals surface area contributed by atoms with Crippen LogP contribution in [0.5, 0.6) is 0 Å². The zero-order valence-electron chi connectivity index (χ0n) is 8.12. The largest absolute Gasteiger partial charge is 0.319 e. The van der Waals surface area contributed by atoms with E-state index in [-0.39, 0.29) is 6.04 Å². The van der Waals surface area contributed by atoms with E-state index in [2.05, 4.69) is 15.3 Å². The maximum atomic E-state index is 5.97. The number of aryl methyl sites for hydroxylation is 2. The molecule has 0 bridgehead atoms. The van der Waals surface area contributed by atoms with E-state index >= 15 is 0 Å². The molecule has 0 amide bonds. The van der Waals surface area contributed by atoms with E-state index < -0.39 is 0 Å². The van der Waals surface area contributed by atoms with Gasteiger partial charge in [0.2, 0.25) is 0 Å². The molecular weight excluding hydrogens is 180 g/mol. The van der Waals surface area contributed by atoms with Crippen molar-refractivity contribution in [2.75, 3.05) is 0 Å². The standard InChI is InChI=1S/C8H12N6/c1-13-5-6(3-10-13)8(9)7-4-11-14(2)12-7/h3-5,8H,9H2,1-2H3. The Morgan fingerprint density at radius 1 is 1.29 bits per heavy atom. The van der Waals surface area contributed by atoms with Gasteiger partial charge in [-0.05, 0) is 0 Å². The molecule has 74 valence electrons. The summed E-state index contributed by atoms with van der Waals surface area (Å²) in [6.07, 6.45) is 5.27. The predicted molar refractivity (Wildman–Crippen MR) is 50.2 cm³/mol. The number of nitrogens with zero attached hydrogens (tertiary/aromatic N) is 5. The van der Waals surface area contributed by atoms with Crippen molar-refractivity contribution in [2.45, 2.75) is 6.04 Å². The molecule has 2 heterocycles. The Morgan fingerprint density at radius 3 is 2.57 bits per heavy atom. The topological polar surface area (TPSA) is 74.6 Å². The van der Waals surface area contributed by atoms with Crippen LogP contribution in [-0.4, -0.2) is 24.8 Å². The highest BCUT2D eigenvalue weighted by atomic mass is 15.4. The molecule has 0 spiro atoms. The Morgan fingerprint density at radius 2 is 2.07 bits per heavy atom. The summed E-state index contributed by atoms with van der Waals surface area (Å²) in [5, 5.41) is 12.2. The second-order valence-corrected chi connectivity index (χ2v) is 3.18. The molecule has 2 N–H and O–H groups in total. The molecule has 0 aromatic carbocycles. The van der Waals surface area contributed by atoms with E-state index in [1.54, 1.807) is 24.1 Å². The van der Waals surface area contributed by atoms with Crippen molar-refractivity contribution >= 4 is 0 Å². The molecule has 1 atom stereocenters. The van der Waals surface area contributed by atoms with Crippen LogP contribution in [0.3, 0.4) is 0 Å². The molecule has 1 unspecified atom stereocenters. The molecule has 0 radical (unpaired) electrons. The third kappa shape index (κ3) is 1.51. The second kappa shape index (κ2) is 3.22. The zero-order valence-corrected chi connectivity index (χ0v) is 8.12. The normalized spacial score (nSPS) is 13.1. The number of rotatable bonds is 2. The lowest BCUT2D eigenvalue weighted by atomic mass is 10.1. The van der Waals surface area contributed by atoms with E-state index in [4.69, 9.17) is 5.73 Å². The van der Waals surface area contributed by atoms with Gasteiger partial charge in [-0.15, -0.1) is 0 Å². The molecule has 0 fully saturated rings. The van der Waals surface area contributed by atoms with Crippen molar-refractivity contribution in [3.05, 3.63) is 29.8 Å². The minimum Gasteiger partial charge on any atom is -0.319 e. The second-order valence-electron chi connectivity index (χ2n) is 3.18. The van der Waals surface area contributed by atoms with Crippen LogP contribution in [0.2, 0.25) is 0 Å². The molecule has 2 rings (SSSR count). The van der Waals surface area contributed by atoms with Crippen LogP contribution in [0, 0.1) is 0 Å². The van der Waals surface area contributed by atoms with Crippen LogP contribution < -0.4 is 5.73 Å². The summed E-state index contributed by atoms with van der Waals surface area (Å²) in [7, 11) is 3.62. The van der Waals surface area contributed by atoms with Gasteiger partial charge in [0.05, 0.1) is 18.4 Å². The zero-order chi connectivity index (χ0) is 10.1. The maximum Gasteiger partial charge on any atom is 0.104 e. The van der Waals surface area contributed by atoms with Gasteiger partial charge in [-0.3, -0.25) is 4.68 Å². The number of hydrogen-bond donors (Lipinski definition) is 1. The quantitative estimate of drug-likeness (QED) is 0.702. The van der Waals surface area contributed by atoms with Gasteiger partial charge in [0.1, 0.15) is 5.69 Å². The minimum atomic E-state index is -0.252. The lowest BCUT2D eigenvalue weighted by molar-refractivity contribution is 0.637. The first-order chi connectivity index (χ1) is 6.66. The molecule has 14 heavy (non-hydrogen) atoms. The SMILES string of the molecule is Cn1cc(C(N)c2cnn(C)n2)cn1. The summed E-state index contributed by atoms with van der Waals surface area (Å²) in [5.74, 6) is 0. The van der Waals surface area contributed by atoms with E-state index in [1.165, 1.54) is 4.80 Å². The van der Waals surface area contributed by atoms with Crippen molar-refractivity contribution in [3.63, 3.8) is 0 Å². The molecular formula is C8H12N6. The van der Waals surface area contributed by atoms with Crippen molar-refractivity contribution < 1.29 is 0 Å². The fourth-order valence-electron chi connectivity index (χ4n) is 1.28. The third-order valence-electron chi connectivity index (χ3n) is 2.02. The highest BCUT2D eigenvalue weighted by Gasteiger charge is 2.13. The number of aromatic nitrogens is 5. The minimum absolute atomic E-state index is 0.252. The summed E-state index contributed by atoms with van der Waals surface area (Å²) in [6.45, 7) is 0. The first-order valence-electron chi connectivity index (χ1n) is 4.27. The molecule has 0 saturated heterocycles. The summed E-state index contributed by atoms with van der Waals surface area (Å²) in [4.78, 5) is 1.49. The molecule has 0 aliphatic carbocycles. The Hall–Kier alpha value is -1.69. The van der Waals surface area contributed by atoms with Crippen molar-refractivity contribution in [1.29, 1.82) is 0 Å². The number of nitrogens with two attached hydrogens (primary N) is 1. The monoisotopic (exact) mass is 192 g/mol. The van der Waals surface area contributed by atoms with Gasteiger partial charge in [-0.1, -0.05) is 0 Å². The summed E-state index contributed by atoms with van der Waals surface area (Å²) < 4.78 is 1.71. The Bertz CT molecular complexity index is 388. The Labute approximate surface area is 81.3 Å². The van der Waals surface area contributed by atoms with Crippen LogP contribution in [-0.2, 0) is 14.1 Å². The smallest absolute Gasteiger partial charge is 0.104 e. The molecule has 0 aliphatic heterocycles. The van der Waals surface area contributed by atoms with Crippen molar-refractivity contribution in [1.82, 2.24) is 24.8 Å². The van der Waals surface area contributed by atoms with E-state index in [9.17, 15) is 0 Å². The van der Waals surface area contributed by atoms with Crippen LogP contribution in [0.15, 0.2) is 18.6 Å². The summed E-state index contributed by atoms with van der Waals surface area (Å²) in [6, 6.07) is -0.252. The van der Waals surface area contributed by atoms with Crippen LogP contribution in [0.1, 0.15) is 17.3 Å². The van der Waals surface area contributed by atoms with Crippen molar-refractivity contribution in [3.8, 4) is 0 Å². The Balaban J connectivity index is 2.28. The van der Waals surface area contributed by atoms with Crippen molar-refractivity contribution in [2.24, 2.45) is 19.8 Å². The lowest BCUT2D eigenvalue weighted by Gasteiger charge is -2.03. The average Bonchev–Trinajstić information content (AvgIpc) is 2.73. The van der Waals surface area contributed by atoms with Gasteiger partial charge >= 0.3 is 0 Å². The van der Waals surface area contributed by atoms with Crippen LogP contribution in [0.25, 0.3) is 0 Å². The number of hydrogen-bond acceptors (Lipinski definition) is 4. The molecule has 6 nitrogen and oxygen atoms in total.